The van der Waals surface area contributed by atoms with Crippen molar-refractivity contribution >= 4 is 17.6 Å². The number of nitrogens with zero attached hydrogens (tertiary/aromatic N) is 3. The van der Waals surface area contributed by atoms with Gasteiger partial charge in [0.25, 0.3) is 5.91 Å². The van der Waals surface area contributed by atoms with Crippen LogP contribution in [0.1, 0.15) is 64.5 Å². The number of ether oxygens (including phenoxy) is 1. The molecule has 0 bridgehead atoms. The van der Waals surface area contributed by atoms with Gasteiger partial charge in [0.1, 0.15) is 18.1 Å². The van der Waals surface area contributed by atoms with Crippen LogP contribution in [-0.2, 0) is 15.7 Å². The zero-order chi connectivity index (χ0) is 22.7. The van der Waals surface area contributed by atoms with Gasteiger partial charge in [-0.05, 0) is 39.8 Å². The van der Waals surface area contributed by atoms with E-state index in [1.807, 2.05) is 38.4 Å². The number of carbonyl (C=O) groups is 2. The first-order valence-corrected chi connectivity index (χ1v) is 10.2. The number of anilines is 1. The molecule has 164 valence electrons. The van der Waals surface area contributed by atoms with E-state index in [4.69, 9.17) is 9.84 Å². The van der Waals surface area contributed by atoms with E-state index in [0.29, 0.717) is 23.7 Å². The summed E-state index contributed by atoms with van der Waals surface area (Å²) >= 11 is 0. The Balaban J connectivity index is 2.23. The van der Waals surface area contributed by atoms with Crippen molar-refractivity contribution in [1.82, 2.24) is 14.7 Å². The quantitative estimate of drug-likeness (QED) is 0.774. The second-order valence-electron chi connectivity index (χ2n) is 9.32. The Kier molecular flexibility index (Phi) is 6.95. The Hall–Kier alpha value is -2.83. The maximum atomic E-state index is 13.0. The summed E-state index contributed by atoms with van der Waals surface area (Å²) in [5, 5.41) is 7.66. The molecule has 0 aliphatic heterocycles. The molecular formula is C23H34N4O3. The summed E-state index contributed by atoms with van der Waals surface area (Å²) in [4.78, 5) is 27.3. The van der Waals surface area contributed by atoms with E-state index < -0.39 is 0 Å². The Morgan fingerprint density at radius 3 is 2.30 bits per heavy atom. The molecule has 0 spiro atoms. The normalized spacial score (nSPS) is 11.9. The van der Waals surface area contributed by atoms with Gasteiger partial charge >= 0.3 is 0 Å². The van der Waals surface area contributed by atoms with E-state index in [2.05, 4.69) is 26.1 Å². The number of carbonyl (C=O) groups excluding carboxylic acids is 2. The second-order valence-corrected chi connectivity index (χ2v) is 9.32. The van der Waals surface area contributed by atoms with Crippen molar-refractivity contribution < 1.29 is 14.3 Å². The SMILES string of the molecule is CCN(CC(=O)Nc1cc(C(C)(C)C)nn1C(C)(C)C)C(=O)c1ccccc1OC. The van der Waals surface area contributed by atoms with Gasteiger partial charge < -0.3 is 15.0 Å². The predicted octanol–water partition coefficient (Wildman–Crippen LogP) is 4.05. The molecule has 1 N–H and O–H groups in total. The van der Waals surface area contributed by atoms with Crippen molar-refractivity contribution in [2.75, 3.05) is 25.5 Å². The fourth-order valence-electron chi connectivity index (χ4n) is 3.02. The number of rotatable bonds is 6. The van der Waals surface area contributed by atoms with Gasteiger partial charge in [-0.2, -0.15) is 5.10 Å². The average molecular weight is 415 g/mol. The predicted molar refractivity (Wildman–Crippen MR) is 119 cm³/mol. The Morgan fingerprint density at radius 1 is 1.13 bits per heavy atom. The maximum Gasteiger partial charge on any atom is 0.258 e. The van der Waals surface area contributed by atoms with Crippen molar-refractivity contribution in [1.29, 1.82) is 0 Å². The van der Waals surface area contributed by atoms with Crippen molar-refractivity contribution in [3.05, 3.63) is 41.6 Å². The number of hydrogen-bond acceptors (Lipinski definition) is 4. The number of benzene rings is 1. The Morgan fingerprint density at radius 2 is 1.77 bits per heavy atom. The molecule has 0 saturated heterocycles. The van der Waals surface area contributed by atoms with E-state index in [-0.39, 0.29) is 29.3 Å². The largest absolute Gasteiger partial charge is 0.496 e. The van der Waals surface area contributed by atoms with Crippen molar-refractivity contribution in [3.8, 4) is 5.75 Å². The van der Waals surface area contributed by atoms with Gasteiger partial charge in [-0.1, -0.05) is 32.9 Å². The van der Waals surface area contributed by atoms with Crippen LogP contribution in [0.15, 0.2) is 30.3 Å². The first-order chi connectivity index (χ1) is 13.9. The van der Waals surface area contributed by atoms with Gasteiger partial charge in [-0.3, -0.25) is 9.59 Å². The molecule has 2 rings (SSSR count). The molecule has 1 heterocycles. The third-order valence-electron chi connectivity index (χ3n) is 4.72. The van der Waals surface area contributed by atoms with Crippen molar-refractivity contribution in [2.45, 2.75) is 59.4 Å². The summed E-state index contributed by atoms with van der Waals surface area (Å²) in [6.07, 6.45) is 0. The topological polar surface area (TPSA) is 76.5 Å². The average Bonchev–Trinajstić information content (AvgIpc) is 3.10. The molecule has 7 heteroatoms. The number of para-hydroxylation sites is 1. The van der Waals surface area contributed by atoms with Gasteiger partial charge in [0.2, 0.25) is 5.91 Å². The summed E-state index contributed by atoms with van der Waals surface area (Å²) < 4.78 is 7.11. The monoisotopic (exact) mass is 414 g/mol. The lowest BCUT2D eigenvalue weighted by molar-refractivity contribution is -0.116. The Labute approximate surface area is 179 Å². The molecule has 0 unspecified atom stereocenters. The molecule has 7 nitrogen and oxygen atoms in total. The molecule has 1 aromatic heterocycles. The molecule has 1 aromatic carbocycles. The third kappa shape index (κ3) is 5.40. The highest BCUT2D eigenvalue weighted by Crippen LogP contribution is 2.28. The minimum atomic E-state index is -0.302. The van der Waals surface area contributed by atoms with E-state index in [1.165, 1.54) is 12.0 Å². The highest BCUT2D eigenvalue weighted by Gasteiger charge is 2.27. The number of likely N-dealkylation sites (N-methyl/N-ethyl adjacent to an activating group) is 1. The summed E-state index contributed by atoms with van der Waals surface area (Å²) in [7, 11) is 1.52. The standard InChI is InChI=1S/C23H34N4O3/c1-9-26(21(29)16-12-10-11-13-17(16)30-8)15-20(28)24-19-14-18(22(2,3)4)25-27(19)23(5,6)7/h10-14H,9,15H2,1-8H3,(H,24,28). The number of methoxy groups -OCH3 is 1. The van der Waals surface area contributed by atoms with Gasteiger partial charge in [0.15, 0.2) is 0 Å². The highest BCUT2D eigenvalue weighted by atomic mass is 16.5. The number of amides is 2. The fraction of sp³-hybridized carbons (Fsp3) is 0.522. The van der Waals surface area contributed by atoms with Crippen LogP contribution in [0.25, 0.3) is 0 Å². The molecule has 0 fully saturated rings. The first-order valence-electron chi connectivity index (χ1n) is 10.2. The smallest absolute Gasteiger partial charge is 0.258 e. The van der Waals surface area contributed by atoms with Crippen LogP contribution in [0.2, 0.25) is 0 Å². The van der Waals surface area contributed by atoms with Crippen LogP contribution in [0.5, 0.6) is 5.75 Å². The van der Waals surface area contributed by atoms with Crippen molar-refractivity contribution in [2.24, 2.45) is 0 Å². The van der Waals surface area contributed by atoms with Crippen LogP contribution < -0.4 is 10.1 Å². The Bertz CT molecular complexity index is 904. The summed E-state index contributed by atoms with van der Waals surface area (Å²) in [5.74, 6) is 0.593. The minimum absolute atomic E-state index is 0.0619. The third-order valence-corrected chi connectivity index (χ3v) is 4.72. The summed E-state index contributed by atoms with van der Waals surface area (Å²) in [6.45, 7) is 14.5. The zero-order valence-corrected chi connectivity index (χ0v) is 19.4. The van der Waals surface area contributed by atoms with Crippen LogP contribution >= 0.6 is 0 Å². The molecule has 2 aromatic rings. The van der Waals surface area contributed by atoms with Gasteiger partial charge in [-0.15, -0.1) is 0 Å². The number of aromatic nitrogens is 2. The first kappa shape index (κ1) is 23.4. The molecule has 0 saturated carbocycles. The zero-order valence-electron chi connectivity index (χ0n) is 19.4. The van der Waals surface area contributed by atoms with Crippen molar-refractivity contribution in [3.63, 3.8) is 0 Å². The van der Waals surface area contributed by atoms with E-state index in [9.17, 15) is 9.59 Å². The fourth-order valence-corrected chi connectivity index (χ4v) is 3.02. The highest BCUT2D eigenvalue weighted by molar-refractivity contribution is 6.00. The molecule has 0 atom stereocenters. The molecule has 2 amide bonds. The van der Waals surface area contributed by atoms with E-state index in [0.717, 1.165) is 5.69 Å². The van der Waals surface area contributed by atoms with E-state index in [1.54, 1.807) is 24.3 Å². The van der Waals surface area contributed by atoms with Crippen LogP contribution in [0.4, 0.5) is 5.82 Å². The van der Waals surface area contributed by atoms with Crippen LogP contribution in [0.3, 0.4) is 0 Å². The number of nitrogens with one attached hydrogen (secondary N) is 1. The maximum absolute atomic E-state index is 13.0. The number of hydrogen-bond donors (Lipinski definition) is 1. The molecule has 0 aliphatic rings. The summed E-state index contributed by atoms with van der Waals surface area (Å²) in [6, 6.07) is 8.92. The second kappa shape index (κ2) is 8.90. The lowest BCUT2D eigenvalue weighted by atomic mass is 9.92. The van der Waals surface area contributed by atoms with Gasteiger partial charge in [0.05, 0.1) is 23.9 Å². The van der Waals surface area contributed by atoms with Gasteiger partial charge in [-0.25, -0.2) is 4.68 Å². The van der Waals surface area contributed by atoms with Crippen LogP contribution in [0, 0.1) is 0 Å². The van der Waals surface area contributed by atoms with Crippen LogP contribution in [-0.4, -0.2) is 46.7 Å². The lowest BCUT2D eigenvalue weighted by Crippen LogP contribution is -2.38. The minimum Gasteiger partial charge on any atom is -0.496 e. The molecule has 30 heavy (non-hydrogen) atoms. The molecule has 0 radical (unpaired) electrons. The lowest BCUT2D eigenvalue weighted by Gasteiger charge is -2.24. The molecular weight excluding hydrogens is 380 g/mol. The van der Waals surface area contributed by atoms with Gasteiger partial charge in [0, 0.05) is 18.0 Å². The molecule has 0 aliphatic carbocycles. The van der Waals surface area contributed by atoms with E-state index >= 15 is 0 Å². The summed E-state index contributed by atoms with van der Waals surface area (Å²) in [5.41, 5.74) is 0.879.